The molecule has 2 aromatic heterocycles. The molecule has 0 bridgehead atoms. The molecule has 0 aliphatic rings. The van der Waals surface area contributed by atoms with E-state index in [0.717, 1.165) is 23.6 Å². The van der Waals surface area contributed by atoms with Crippen LogP contribution >= 0.6 is 0 Å². The second-order valence-electron chi connectivity index (χ2n) is 5.97. The van der Waals surface area contributed by atoms with Gasteiger partial charge in [-0.2, -0.15) is 5.10 Å². The summed E-state index contributed by atoms with van der Waals surface area (Å²) in [6, 6.07) is 1.13. The molecule has 2 aromatic rings. The van der Waals surface area contributed by atoms with Crippen LogP contribution in [0.2, 0.25) is 25.7 Å². The average Bonchev–Trinajstić information content (AvgIpc) is 2.77. The lowest BCUT2D eigenvalue weighted by Gasteiger charge is -2.15. The van der Waals surface area contributed by atoms with E-state index in [1.54, 1.807) is 24.2 Å². The van der Waals surface area contributed by atoms with Gasteiger partial charge in [-0.3, -0.25) is 0 Å². The molecule has 20 heavy (non-hydrogen) atoms. The number of nitrogens with zero attached hydrogens (tertiary/aromatic N) is 3. The number of rotatable bonds is 6. The van der Waals surface area contributed by atoms with Gasteiger partial charge in [0.2, 0.25) is 0 Å². The first-order valence-electron chi connectivity index (χ1n) is 6.64. The topological polar surface area (TPSA) is 75.2 Å². The second-order valence-corrected chi connectivity index (χ2v) is 11.6. The van der Waals surface area contributed by atoms with Crippen LogP contribution in [0.3, 0.4) is 0 Å². The molecule has 0 aliphatic heterocycles. The van der Waals surface area contributed by atoms with Gasteiger partial charge in [0.15, 0.2) is 11.6 Å². The minimum Gasteiger partial charge on any atom is -0.491 e. The number of methoxy groups -OCH3 is 1. The minimum absolute atomic E-state index is 0.365. The van der Waals surface area contributed by atoms with Crippen LogP contribution < -0.4 is 10.5 Å². The fourth-order valence-corrected chi connectivity index (χ4v) is 2.65. The van der Waals surface area contributed by atoms with E-state index >= 15 is 0 Å². The molecular formula is C13H22N4O2Si. The van der Waals surface area contributed by atoms with E-state index in [9.17, 15) is 0 Å². The number of hydrogen-bond donors (Lipinski definition) is 1. The number of pyridine rings is 1. The van der Waals surface area contributed by atoms with Crippen LogP contribution in [0.5, 0.6) is 5.75 Å². The molecule has 0 saturated carbocycles. The number of aromatic nitrogens is 3. The van der Waals surface area contributed by atoms with E-state index in [-0.39, 0.29) is 0 Å². The van der Waals surface area contributed by atoms with Crippen molar-refractivity contribution in [2.45, 2.75) is 32.4 Å². The maximum Gasteiger partial charge on any atom is 0.187 e. The van der Waals surface area contributed by atoms with Crippen molar-refractivity contribution in [1.82, 2.24) is 14.8 Å². The van der Waals surface area contributed by atoms with E-state index in [2.05, 4.69) is 29.7 Å². The number of nitrogen functional groups attached to an aromatic ring is 1. The van der Waals surface area contributed by atoms with Gasteiger partial charge in [-0.05, 0) is 6.04 Å². The Morgan fingerprint density at radius 2 is 2.05 bits per heavy atom. The van der Waals surface area contributed by atoms with Gasteiger partial charge in [-0.1, -0.05) is 19.6 Å². The van der Waals surface area contributed by atoms with E-state index < -0.39 is 8.07 Å². The Morgan fingerprint density at radius 1 is 1.30 bits per heavy atom. The van der Waals surface area contributed by atoms with Gasteiger partial charge >= 0.3 is 0 Å². The molecule has 0 saturated heterocycles. The molecule has 0 unspecified atom stereocenters. The summed E-state index contributed by atoms with van der Waals surface area (Å²) >= 11 is 0. The zero-order valence-electron chi connectivity index (χ0n) is 12.5. The molecule has 2 N–H and O–H groups in total. The molecule has 0 atom stereocenters. The zero-order valence-corrected chi connectivity index (χ0v) is 13.5. The highest BCUT2D eigenvalue weighted by Gasteiger charge is 2.14. The predicted molar refractivity (Wildman–Crippen MR) is 82.6 cm³/mol. The second kappa shape index (κ2) is 5.80. The number of anilines is 1. The summed E-state index contributed by atoms with van der Waals surface area (Å²) < 4.78 is 12.8. The molecule has 0 fully saturated rings. The molecule has 0 amide bonds. The van der Waals surface area contributed by atoms with Crippen LogP contribution in [0.15, 0.2) is 12.4 Å². The monoisotopic (exact) mass is 294 g/mol. The van der Waals surface area contributed by atoms with Gasteiger partial charge in [0, 0.05) is 26.3 Å². The SMILES string of the molecule is COc1c(N)ncc2cnn(COCC[Si](C)(C)C)c12. The Hall–Kier alpha value is -1.60. The molecule has 0 aromatic carbocycles. The van der Waals surface area contributed by atoms with Gasteiger partial charge in [0.1, 0.15) is 12.2 Å². The van der Waals surface area contributed by atoms with Crippen LogP contribution in [0.4, 0.5) is 5.82 Å². The fraction of sp³-hybridized carbons (Fsp3) is 0.538. The van der Waals surface area contributed by atoms with Crippen LogP contribution in [0.25, 0.3) is 10.9 Å². The molecule has 7 heteroatoms. The van der Waals surface area contributed by atoms with Crippen molar-refractivity contribution in [2.24, 2.45) is 0 Å². The van der Waals surface area contributed by atoms with Crippen molar-refractivity contribution < 1.29 is 9.47 Å². The average molecular weight is 294 g/mol. The van der Waals surface area contributed by atoms with E-state index in [4.69, 9.17) is 15.2 Å². The summed E-state index contributed by atoms with van der Waals surface area (Å²) in [5.74, 6) is 0.914. The summed E-state index contributed by atoms with van der Waals surface area (Å²) in [6.07, 6.45) is 3.44. The Labute approximate surface area is 119 Å². The summed E-state index contributed by atoms with van der Waals surface area (Å²) in [6.45, 7) is 8.13. The van der Waals surface area contributed by atoms with E-state index in [1.165, 1.54) is 0 Å². The number of hydrogen-bond acceptors (Lipinski definition) is 5. The summed E-state index contributed by atoms with van der Waals surface area (Å²) in [7, 11) is 0.511. The quantitative estimate of drug-likeness (QED) is 0.653. The van der Waals surface area contributed by atoms with Crippen LogP contribution in [0, 0.1) is 0 Å². The van der Waals surface area contributed by atoms with Crippen molar-refractivity contribution in [3.63, 3.8) is 0 Å². The first kappa shape index (κ1) is 14.8. The third-order valence-electron chi connectivity index (χ3n) is 3.07. The van der Waals surface area contributed by atoms with Crippen LogP contribution in [-0.4, -0.2) is 36.6 Å². The van der Waals surface area contributed by atoms with Gasteiger partial charge in [0.25, 0.3) is 0 Å². The summed E-state index contributed by atoms with van der Waals surface area (Å²) in [5.41, 5.74) is 6.65. The van der Waals surface area contributed by atoms with Gasteiger partial charge in [-0.15, -0.1) is 0 Å². The van der Waals surface area contributed by atoms with Gasteiger partial charge < -0.3 is 15.2 Å². The summed E-state index contributed by atoms with van der Waals surface area (Å²) in [4.78, 5) is 4.08. The Balaban J connectivity index is 2.13. The van der Waals surface area contributed by atoms with Gasteiger partial charge in [-0.25, -0.2) is 9.67 Å². The lowest BCUT2D eigenvalue weighted by molar-refractivity contribution is 0.0814. The fourth-order valence-electron chi connectivity index (χ4n) is 1.89. The van der Waals surface area contributed by atoms with Crippen molar-refractivity contribution >= 4 is 24.8 Å². The molecule has 0 radical (unpaired) electrons. The van der Waals surface area contributed by atoms with Crippen LogP contribution in [0.1, 0.15) is 0 Å². The normalized spacial score (nSPS) is 12.0. The molecule has 0 aliphatic carbocycles. The molecule has 110 valence electrons. The maximum absolute atomic E-state index is 5.82. The van der Waals surface area contributed by atoms with Crippen molar-refractivity contribution in [3.8, 4) is 5.75 Å². The van der Waals surface area contributed by atoms with E-state index in [0.29, 0.717) is 18.3 Å². The third-order valence-corrected chi connectivity index (χ3v) is 4.78. The smallest absolute Gasteiger partial charge is 0.187 e. The lowest BCUT2D eigenvalue weighted by atomic mass is 10.3. The number of nitrogens with two attached hydrogens (primary N) is 1. The molecule has 2 heterocycles. The molecule has 0 spiro atoms. The minimum atomic E-state index is -1.07. The van der Waals surface area contributed by atoms with Gasteiger partial charge in [0.05, 0.1) is 13.3 Å². The molecular weight excluding hydrogens is 272 g/mol. The maximum atomic E-state index is 5.82. The van der Waals surface area contributed by atoms with E-state index in [1.807, 2.05) is 0 Å². The Morgan fingerprint density at radius 3 is 2.70 bits per heavy atom. The molecule has 2 rings (SSSR count). The predicted octanol–water partition coefficient (Wildman–Crippen LogP) is 2.33. The zero-order chi connectivity index (χ0) is 14.8. The largest absolute Gasteiger partial charge is 0.491 e. The highest BCUT2D eigenvalue weighted by Crippen LogP contribution is 2.29. The standard InChI is InChI=1S/C13H22N4O2Si/c1-18-12-11-10(7-15-13(12)14)8-16-17(11)9-19-5-6-20(2,3)4/h7-8H,5-6,9H2,1-4H3,(H2,14,15). The van der Waals surface area contributed by atoms with Crippen LogP contribution in [-0.2, 0) is 11.5 Å². The highest BCUT2D eigenvalue weighted by atomic mass is 28.3. The molecule has 6 nitrogen and oxygen atoms in total. The van der Waals surface area contributed by atoms with Crippen molar-refractivity contribution in [1.29, 1.82) is 0 Å². The third kappa shape index (κ3) is 3.29. The van der Waals surface area contributed by atoms with Crippen molar-refractivity contribution in [2.75, 3.05) is 19.5 Å². The van der Waals surface area contributed by atoms with Crippen molar-refractivity contribution in [3.05, 3.63) is 12.4 Å². The Bertz CT molecular complexity index is 592. The first-order valence-corrected chi connectivity index (χ1v) is 10.3. The summed E-state index contributed by atoms with van der Waals surface area (Å²) in [5, 5.41) is 5.20. The number of fused-ring (bicyclic) bond motifs is 1. The first-order chi connectivity index (χ1) is 9.42. The number of ether oxygens (including phenoxy) is 2. The highest BCUT2D eigenvalue weighted by molar-refractivity contribution is 6.76. The Kier molecular flexibility index (Phi) is 4.29. The lowest BCUT2D eigenvalue weighted by Crippen LogP contribution is -2.22.